The second kappa shape index (κ2) is 7.37. The summed E-state index contributed by atoms with van der Waals surface area (Å²) in [5.74, 6) is -1.15. The second-order valence-electron chi connectivity index (χ2n) is 3.53. The quantitative estimate of drug-likeness (QED) is 0.921. The number of rotatable bonds is 2. The Bertz CT molecular complexity index is 546. The first kappa shape index (κ1) is 18.6. The molecule has 20 heavy (non-hydrogen) atoms. The highest BCUT2D eigenvalue weighted by molar-refractivity contribution is 5.85. The summed E-state index contributed by atoms with van der Waals surface area (Å²) in [4.78, 5) is 10.6. The van der Waals surface area contributed by atoms with Gasteiger partial charge in [-0.2, -0.15) is 13.2 Å². The number of aromatic nitrogens is 3. The molecule has 110 valence electrons. The Balaban J connectivity index is 0.00000180. The fraction of sp³-hybridized carbons (Fsp3) is 0.182. The van der Waals surface area contributed by atoms with E-state index in [-0.39, 0.29) is 31.4 Å². The minimum atomic E-state index is -4.53. The maximum atomic E-state index is 12.3. The van der Waals surface area contributed by atoms with Crippen molar-refractivity contribution in [3.05, 3.63) is 42.2 Å². The molecule has 0 aromatic carbocycles. The average Bonchev–Trinajstić information content (AvgIpc) is 2.38. The molecule has 0 radical (unpaired) electrons. The van der Waals surface area contributed by atoms with Gasteiger partial charge in [0.05, 0.1) is 5.69 Å². The van der Waals surface area contributed by atoms with Crippen molar-refractivity contribution in [2.45, 2.75) is 12.7 Å². The fourth-order valence-electron chi connectivity index (χ4n) is 1.39. The third-order valence-electron chi connectivity index (χ3n) is 2.26. The molecule has 4 nitrogen and oxygen atoms in total. The zero-order valence-electron chi connectivity index (χ0n) is 9.96. The van der Waals surface area contributed by atoms with Crippen LogP contribution in [0.2, 0.25) is 0 Å². The van der Waals surface area contributed by atoms with Crippen LogP contribution in [0.15, 0.2) is 30.7 Å². The third kappa shape index (κ3) is 4.29. The van der Waals surface area contributed by atoms with Crippen molar-refractivity contribution < 1.29 is 13.2 Å². The molecule has 2 rings (SSSR count). The molecule has 0 amide bonds. The van der Waals surface area contributed by atoms with Crippen molar-refractivity contribution in [3.8, 4) is 11.1 Å². The van der Waals surface area contributed by atoms with Crippen LogP contribution >= 0.6 is 24.8 Å². The van der Waals surface area contributed by atoms with Gasteiger partial charge in [0.25, 0.3) is 0 Å². The van der Waals surface area contributed by atoms with E-state index in [9.17, 15) is 13.2 Å². The molecule has 0 atom stereocenters. The van der Waals surface area contributed by atoms with Crippen LogP contribution in [0.3, 0.4) is 0 Å². The van der Waals surface area contributed by atoms with Crippen molar-refractivity contribution in [2.75, 3.05) is 0 Å². The lowest BCUT2D eigenvalue weighted by Crippen LogP contribution is -2.10. The monoisotopic (exact) mass is 326 g/mol. The van der Waals surface area contributed by atoms with Gasteiger partial charge in [0.2, 0.25) is 5.82 Å². The van der Waals surface area contributed by atoms with E-state index in [1.54, 1.807) is 12.1 Å². The molecular formula is C11H11Cl2F3N4. The molecule has 2 N–H and O–H groups in total. The van der Waals surface area contributed by atoms with E-state index in [1.165, 1.54) is 6.20 Å². The van der Waals surface area contributed by atoms with Crippen molar-refractivity contribution in [2.24, 2.45) is 5.73 Å². The molecule has 0 unspecified atom stereocenters. The molecule has 0 spiro atoms. The first-order chi connectivity index (χ1) is 8.50. The summed E-state index contributed by atoms with van der Waals surface area (Å²) in [6.45, 7) is 0.259. The molecule has 0 saturated heterocycles. The first-order valence-corrected chi connectivity index (χ1v) is 5.05. The lowest BCUT2D eigenvalue weighted by Gasteiger charge is -2.06. The maximum Gasteiger partial charge on any atom is 0.451 e. The summed E-state index contributed by atoms with van der Waals surface area (Å²) in [7, 11) is 0. The second-order valence-corrected chi connectivity index (χ2v) is 3.53. The predicted octanol–water partition coefficient (Wildman–Crippen LogP) is 2.86. The van der Waals surface area contributed by atoms with E-state index in [4.69, 9.17) is 5.73 Å². The highest BCUT2D eigenvalue weighted by Gasteiger charge is 2.34. The summed E-state index contributed by atoms with van der Waals surface area (Å²) in [5.41, 5.74) is 7.25. The summed E-state index contributed by atoms with van der Waals surface area (Å²) in [6, 6.07) is 3.34. The minimum absolute atomic E-state index is 0. The van der Waals surface area contributed by atoms with Crippen LogP contribution in [-0.2, 0) is 12.7 Å². The zero-order valence-corrected chi connectivity index (χ0v) is 11.6. The predicted molar refractivity (Wildman–Crippen MR) is 72.7 cm³/mol. The summed E-state index contributed by atoms with van der Waals surface area (Å²) < 4.78 is 36.9. The molecule has 0 bridgehead atoms. The van der Waals surface area contributed by atoms with Gasteiger partial charge in [-0.25, -0.2) is 9.97 Å². The van der Waals surface area contributed by atoms with Crippen LogP contribution in [0, 0.1) is 0 Å². The van der Waals surface area contributed by atoms with Crippen LogP contribution in [0.4, 0.5) is 13.2 Å². The third-order valence-corrected chi connectivity index (χ3v) is 2.26. The molecule has 0 aliphatic rings. The van der Waals surface area contributed by atoms with Gasteiger partial charge >= 0.3 is 6.18 Å². The molecule has 2 aromatic rings. The largest absolute Gasteiger partial charge is 0.451 e. The average molecular weight is 327 g/mol. The number of hydrogen-bond acceptors (Lipinski definition) is 4. The van der Waals surface area contributed by atoms with Crippen molar-refractivity contribution in [1.29, 1.82) is 0 Å². The molecule has 0 saturated carbocycles. The Hall–Kier alpha value is -1.44. The lowest BCUT2D eigenvalue weighted by molar-refractivity contribution is -0.144. The normalized spacial score (nSPS) is 10.4. The van der Waals surface area contributed by atoms with Crippen LogP contribution in [0.25, 0.3) is 11.1 Å². The highest BCUT2D eigenvalue weighted by atomic mass is 35.5. The molecule has 0 aliphatic heterocycles. The molecule has 2 aromatic heterocycles. The molecule has 9 heteroatoms. The smallest absolute Gasteiger partial charge is 0.325 e. The fourth-order valence-corrected chi connectivity index (χ4v) is 1.39. The topological polar surface area (TPSA) is 64.7 Å². The Labute approximate surface area is 125 Å². The number of hydrogen-bond donors (Lipinski definition) is 1. The van der Waals surface area contributed by atoms with Crippen molar-refractivity contribution >= 4 is 24.8 Å². The van der Waals surface area contributed by atoms with Gasteiger partial charge in [0.1, 0.15) is 0 Å². The maximum absolute atomic E-state index is 12.3. The van der Waals surface area contributed by atoms with Crippen LogP contribution in [-0.4, -0.2) is 15.0 Å². The van der Waals surface area contributed by atoms with Gasteiger partial charge in [0, 0.05) is 30.7 Å². The van der Waals surface area contributed by atoms with Crippen LogP contribution in [0.1, 0.15) is 11.5 Å². The number of pyridine rings is 1. The minimum Gasteiger partial charge on any atom is -0.325 e. The summed E-state index contributed by atoms with van der Waals surface area (Å²) in [5, 5.41) is 0. The van der Waals surface area contributed by atoms with E-state index >= 15 is 0 Å². The zero-order chi connectivity index (χ0) is 13.2. The summed E-state index contributed by atoms with van der Waals surface area (Å²) >= 11 is 0. The lowest BCUT2D eigenvalue weighted by atomic mass is 10.1. The number of nitrogens with two attached hydrogens (primary N) is 1. The van der Waals surface area contributed by atoms with Gasteiger partial charge in [-0.1, -0.05) is 0 Å². The van der Waals surface area contributed by atoms with Gasteiger partial charge < -0.3 is 5.73 Å². The number of halogens is 5. The molecule has 0 aliphatic carbocycles. The highest BCUT2D eigenvalue weighted by Crippen LogP contribution is 2.26. The first-order valence-electron chi connectivity index (χ1n) is 5.05. The van der Waals surface area contributed by atoms with Gasteiger partial charge in [-0.15, -0.1) is 24.8 Å². The molecule has 2 heterocycles. The van der Waals surface area contributed by atoms with E-state index in [0.717, 1.165) is 12.4 Å². The molecular weight excluding hydrogens is 316 g/mol. The van der Waals surface area contributed by atoms with Gasteiger partial charge in [0.15, 0.2) is 0 Å². The van der Waals surface area contributed by atoms with E-state index in [1.807, 2.05) is 0 Å². The van der Waals surface area contributed by atoms with Crippen molar-refractivity contribution in [1.82, 2.24) is 15.0 Å². The van der Waals surface area contributed by atoms with Crippen molar-refractivity contribution in [3.63, 3.8) is 0 Å². The van der Waals surface area contributed by atoms with E-state index < -0.39 is 12.0 Å². The Morgan fingerprint density at radius 3 is 2.10 bits per heavy atom. The number of nitrogens with zero attached hydrogens (tertiary/aromatic N) is 3. The van der Waals surface area contributed by atoms with Gasteiger partial charge in [-0.05, 0) is 17.7 Å². The van der Waals surface area contributed by atoms with Gasteiger partial charge in [-0.3, -0.25) is 4.98 Å². The standard InChI is InChI=1S/C11H9F3N4.2ClH/c12-11(13,14)10-17-5-8(6-18-10)7-1-2-16-9(3-7)4-15;;/h1-3,5-6H,4,15H2;2*1H. The van der Waals surface area contributed by atoms with Crippen LogP contribution < -0.4 is 5.73 Å². The Morgan fingerprint density at radius 2 is 1.60 bits per heavy atom. The Kier molecular flexibility index (Phi) is 6.84. The SMILES string of the molecule is Cl.Cl.NCc1cc(-c2cnc(C(F)(F)F)nc2)ccn1. The Morgan fingerprint density at radius 1 is 1.00 bits per heavy atom. The van der Waals surface area contributed by atoms with E-state index in [2.05, 4.69) is 15.0 Å². The van der Waals surface area contributed by atoms with Crippen LogP contribution in [0.5, 0.6) is 0 Å². The molecule has 0 fully saturated rings. The number of alkyl halides is 3. The summed E-state index contributed by atoms with van der Waals surface area (Å²) in [6.07, 6.45) is -0.731. The van der Waals surface area contributed by atoms with E-state index in [0.29, 0.717) is 16.8 Å².